The van der Waals surface area contributed by atoms with Crippen molar-refractivity contribution >= 4 is 52.3 Å². The lowest BCUT2D eigenvalue weighted by molar-refractivity contribution is -0.189. The molecule has 4 heterocycles. The Hall–Kier alpha value is -6.12. The number of esters is 1. The quantitative estimate of drug-likeness (QED) is 0.0876. The molecule has 0 spiro atoms. The van der Waals surface area contributed by atoms with Crippen LogP contribution in [0, 0.1) is 29.1 Å². The van der Waals surface area contributed by atoms with E-state index in [0.717, 1.165) is 43.9 Å². The summed E-state index contributed by atoms with van der Waals surface area (Å²) in [5.41, 5.74) is 4.65. The number of likely N-dealkylation sites (tertiary alicyclic amines) is 1. The number of nitrogens with one attached hydrogen (secondary N) is 2. The second-order valence-electron chi connectivity index (χ2n) is 20.0. The first-order chi connectivity index (χ1) is 33.1. The van der Waals surface area contributed by atoms with E-state index in [4.69, 9.17) is 14.5 Å². The lowest BCUT2D eigenvalue weighted by Crippen LogP contribution is -2.67. The molecule has 3 aliphatic rings. The summed E-state index contributed by atoms with van der Waals surface area (Å²) in [5, 5.41) is 28.8. The lowest BCUT2D eigenvalue weighted by atomic mass is 9.84. The van der Waals surface area contributed by atoms with Gasteiger partial charge in [0.15, 0.2) is 5.60 Å². The van der Waals surface area contributed by atoms with Crippen molar-refractivity contribution < 1.29 is 43.7 Å². The molecule has 1 unspecified atom stereocenters. The molecule has 6 atom stereocenters. The predicted molar refractivity (Wildman–Crippen MR) is 269 cm³/mol. The van der Waals surface area contributed by atoms with Crippen molar-refractivity contribution in [2.75, 3.05) is 40.4 Å². The highest BCUT2D eigenvalue weighted by Crippen LogP contribution is 2.40. The molecule has 2 saturated heterocycles. The van der Waals surface area contributed by atoms with Gasteiger partial charge in [0.05, 0.1) is 30.6 Å². The SMILES string of the molecule is C=C/C(=C(\N=CC)[C@H](C)OC)c1c2c3cc(ccc3n1CC)-c1cccc(c1)C[C@H](NC(=O)[C@H](C(C)C)N(C)C(=O)C1(O)CN(C(=O)C#CC)C[C@@H]1C)C(=O)N1CCC[C@@](O)(N1)C(=O)OCC(C)(C)C2. The summed E-state index contributed by atoms with van der Waals surface area (Å²) < 4.78 is 14.0. The van der Waals surface area contributed by atoms with Crippen LogP contribution >= 0.6 is 0 Å². The van der Waals surface area contributed by atoms with Crippen LogP contribution in [0.25, 0.3) is 27.6 Å². The second-order valence-corrected chi connectivity index (χ2v) is 20.0. The van der Waals surface area contributed by atoms with Crippen LogP contribution in [-0.4, -0.2) is 135 Å². The van der Waals surface area contributed by atoms with Crippen LogP contribution in [0.3, 0.4) is 0 Å². The lowest BCUT2D eigenvalue weighted by Gasteiger charge is -2.40. The smallest absolute Gasteiger partial charge is 0.355 e. The number of hydrogen-bond donors (Lipinski definition) is 4. The van der Waals surface area contributed by atoms with Gasteiger partial charge in [0, 0.05) is 80.7 Å². The average molecular weight is 962 g/mol. The number of hydrogen-bond acceptors (Lipinski definition) is 11. The molecule has 3 aliphatic heterocycles. The fourth-order valence-electron chi connectivity index (χ4n) is 10.2. The van der Waals surface area contributed by atoms with Crippen LogP contribution < -0.4 is 10.7 Å². The molecule has 16 nitrogen and oxygen atoms in total. The number of allylic oxidation sites excluding steroid dienone is 2. The van der Waals surface area contributed by atoms with Gasteiger partial charge in [0.25, 0.3) is 17.7 Å². The number of carbonyl (C=O) groups is 5. The number of ether oxygens (including phenoxy) is 2. The third-order valence-electron chi connectivity index (χ3n) is 13.9. The van der Waals surface area contributed by atoms with E-state index in [2.05, 4.69) is 58.9 Å². The normalized spacial score (nSPS) is 24.0. The summed E-state index contributed by atoms with van der Waals surface area (Å²) >= 11 is 0. The maximum Gasteiger partial charge on any atom is 0.355 e. The molecular formula is C54H71N7O9. The maximum atomic E-state index is 14.8. The Labute approximate surface area is 412 Å². The Morgan fingerprint density at radius 2 is 1.84 bits per heavy atom. The second kappa shape index (κ2) is 21.5. The zero-order valence-electron chi connectivity index (χ0n) is 42.6. The van der Waals surface area contributed by atoms with Crippen LogP contribution in [0.2, 0.25) is 0 Å². The summed E-state index contributed by atoms with van der Waals surface area (Å²) in [6, 6.07) is 11.6. The number of aliphatic hydroxyl groups is 2. The number of aliphatic imine (C=N–C) groups is 1. The fourth-order valence-corrected chi connectivity index (χ4v) is 10.2. The molecule has 6 rings (SSSR count). The van der Waals surface area contributed by atoms with Gasteiger partial charge in [-0.25, -0.2) is 4.79 Å². The van der Waals surface area contributed by atoms with Gasteiger partial charge in [-0.05, 0) is 86.8 Å². The van der Waals surface area contributed by atoms with E-state index < -0.39 is 70.3 Å². The van der Waals surface area contributed by atoms with E-state index >= 15 is 0 Å². The largest absolute Gasteiger partial charge is 0.462 e. The van der Waals surface area contributed by atoms with Gasteiger partial charge in [0.1, 0.15) is 12.1 Å². The van der Waals surface area contributed by atoms with Crippen LogP contribution in [0.15, 0.2) is 65.8 Å². The Kier molecular flexibility index (Phi) is 16.3. The van der Waals surface area contributed by atoms with Crippen LogP contribution in [0.5, 0.6) is 0 Å². The number of aromatic nitrogens is 1. The number of β-amino-alcohol motifs (C(OH)–C–C–N with tert-alkyl or cyclic N) is 1. The van der Waals surface area contributed by atoms with E-state index in [9.17, 15) is 34.2 Å². The van der Waals surface area contributed by atoms with E-state index in [1.807, 2.05) is 58.0 Å². The van der Waals surface area contributed by atoms with E-state index in [-0.39, 0.29) is 51.6 Å². The molecule has 4 amide bonds. The minimum atomic E-state index is -2.28. The number of aryl methyl sites for hydroxylation is 1. The fraction of sp³-hybridized carbons (Fsp3) is 0.519. The summed E-state index contributed by atoms with van der Waals surface area (Å²) in [5.74, 6) is 0.349. The number of carbonyl (C=O) groups excluding carboxylic acids is 5. The number of fused-ring (bicyclic) bond motifs is 6. The zero-order valence-corrected chi connectivity index (χ0v) is 42.6. The highest BCUT2D eigenvalue weighted by atomic mass is 16.6. The summed E-state index contributed by atoms with van der Waals surface area (Å²) in [6.07, 6.45) is 3.80. The van der Waals surface area contributed by atoms with Gasteiger partial charge in [-0.3, -0.25) is 29.2 Å². The standard InChI is InChI=1S/C54H71N7O9/c1-13-19-44(62)59-30-34(7)53(67,31-59)50(65)58(11)46(33(5)6)48(63)56-42-27-36-20-17-21-37(26-36)38-22-23-43-40(28-38)41(47(60(43)16-4)39(14-2)45(55-15-3)35(8)69-12)29-52(9,10)32-70-51(66)54(68)24-18-25-61(57-54)49(42)64/h14-15,17,20-23,26,28,33-35,42,46,57,67-68H,2,16,18,24-25,27,29-32H2,1,3-12H3,(H,56,63)/b45-39+,55-15?/t34-,35-,42-,46-,53?,54-/m0/s1. The Morgan fingerprint density at radius 1 is 1.13 bits per heavy atom. The molecule has 4 N–H and O–H groups in total. The number of cyclic esters (lactones) is 1. The van der Waals surface area contributed by atoms with Crippen molar-refractivity contribution in [1.82, 2.24) is 30.1 Å². The van der Waals surface area contributed by atoms with Gasteiger partial charge in [-0.2, -0.15) is 5.43 Å². The van der Waals surface area contributed by atoms with Crippen molar-refractivity contribution in [3.8, 4) is 23.0 Å². The molecule has 0 saturated carbocycles. The highest BCUT2D eigenvalue weighted by molar-refractivity contribution is 5.98. The molecule has 0 radical (unpaired) electrons. The van der Waals surface area contributed by atoms with Gasteiger partial charge in [-0.15, -0.1) is 0 Å². The Balaban J connectivity index is 1.46. The van der Waals surface area contributed by atoms with Crippen LogP contribution in [-0.2, 0) is 52.8 Å². The van der Waals surface area contributed by atoms with E-state index in [0.29, 0.717) is 24.2 Å². The molecule has 2 fully saturated rings. The molecule has 376 valence electrons. The molecule has 2 aromatic carbocycles. The molecule has 70 heavy (non-hydrogen) atoms. The predicted octanol–water partition coefficient (Wildman–Crippen LogP) is 5.04. The van der Waals surface area contributed by atoms with Crippen molar-refractivity contribution in [2.24, 2.45) is 22.2 Å². The molecule has 1 aromatic heterocycles. The number of hydrazine groups is 1. The zero-order chi connectivity index (χ0) is 51.5. The topological polar surface area (TPSA) is 195 Å². The highest BCUT2D eigenvalue weighted by Gasteiger charge is 2.53. The van der Waals surface area contributed by atoms with Gasteiger partial charge in [0.2, 0.25) is 11.6 Å². The first kappa shape index (κ1) is 53.2. The molecular weight excluding hydrogens is 891 g/mol. The number of benzene rings is 2. The third-order valence-corrected chi connectivity index (χ3v) is 13.9. The molecule has 0 aliphatic carbocycles. The number of amides is 4. The first-order valence-corrected chi connectivity index (χ1v) is 24.2. The Morgan fingerprint density at radius 3 is 2.49 bits per heavy atom. The summed E-state index contributed by atoms with van der Waals surface area (Å²) in [6.45, 7) is 21.2. The molecule has 16 heteroatoms. The summed E-state index contributed by atoms with van der Waals surface area (Å²) in [7, 11) is 3.07. The molecule has 3 aromatic rings. The van der Waals surface area contributed by atoms with Gasteiger partial charge < -0.3 is 39.4 Å². The van der Waals surface area contributed by atoms with Gasteiger partial charge >= 0.3 is 5.97 Å². The monoisotopic (exact) mass is 962 g/mol. The minimum Gasteiger partial charge on any atom is -0.462 e. The first-order valence-electron chi connectivity index (χ1n) is 24.2. The number of likely N-dealkylation sites (N-methyl/N-ethyl adjacent to an activating group) is 1. The van der Waals surface area contributed by atoms with E-state index in [1.165, 1.54) is 23.8 Å². The maximum absolute atomic E-state index is 14.8. The van der Waals surface area contributed by atoms with Crippen molar-refractivity contribution in [3.05, 3.63) is 77.6 Å². The number of methoxy groups -OCH3 is 1. The van der Waals surface area contributed by atoms with Crippen LogP contribution in [0.4, 0.5) is 0 Å². The number of nitrogens with zero attached hydrogens (tertiary/aromatic N) is 5. The van der Waals surface area contributed by atoms with Gasteiger partial charge in [-0.1, -0.05) is 83.5 Å². The molecule has 6 bridgehead atoms. The van der Waals surface area contributed by atoms with E-state index in [1.54, 1.807) is 34.1 Å². The minimum absolute atomic E-state index is 0.0115. The number of rotatable bonds is 11. The van der Waals surface area contributed by atoms with Crippen LogP contribution in [0.1, 0.15) is 92.0 Å². The van der Waals surface area contributed by atoms with Crippen molar-refractivity contribution in [1.29, 1.82) is 0 Å². The van der Waals surface area contributed by atoms with Crippen molar-refractivity contribution in [3.63, 3.8) is 0 Å². The summed E-state index contributed by atoms with van der Waals surface area (Å²) in [4.78, 5) is 77.7. The average Bonchev–Trinajstić information content (AvgIpc) is 3.81. The third kappa shape index (κ3) is 10.6. The Bertz CT molecular complexity index is 2660. The van der Waals surface area contributed by atoms with Crippen molar-refractivity contribution in [2.45, 2.75) is 124 Å².